The summed E-state index contributed by atoms with van der Waals surface area (Å²) in [5, 5.41) is 1.58. The zero-order valence-corrected chi connectivity index (χ0v) is 23.7. The molecule has 4 bridgehead atoms. The summed E-state index contributed by atoms with van der Waals surface area (Å²) >= 11 is 0. The highest BCUT2D eigenvalue weighted by molar-refractivity contribution is 6.22. The van der Waals surface area contributed by atoms with Gasteiger partial charge in [-0.2, -0.15) is 0 Å². The predicted molar refractivity (Wildman–Crippen MR) is 156 cm³/mol. The van der Waals surface area contributed by atoms with E-state index in [1.807, 2.05) is 24.3 Å². The molecule has 2 aromatic rings. The number of fused-ring (bicyclic) bond motifs is 7. The topological polar surface area (TPSA) is 66.9 Å². The maximum atomic E-state index is 13.1. The summed E-state index contributed by atoms with van der Waals surface area (Å²) in [4.78, 5) is 46.0. The van der Waals surface area contributed by atoms with Crippen LogP contribution in [0.5, 0.6) is 0 Å². The fourth-order valence-corrected chi connectivity index (χ4v) is 8.10. The summed E-state index contributed by atoms with van der Waals surface area (Å²) in [5.41, 5.74) is 4.35. The third-order valence-corrected chi connectivity index (χ3v) is 10.2. The normalized spacial score (nSPS) is 30.6. The van der Waals surface area contributed by atoms with Crippen molar-refractivity contribution in [1.82, 2.24) is 5.06 Å². The fourth-order valence-electron chi connectivity index (χ4n) is 8.10. The minimum atomic E-state index is -0.165. The van der Waals surface area contributed by atoms with Gasteiger partial charge in [0.25, 0.3) is 0 Å². The van der Waals surface area contributed by atoms with Gasteiger partial charge in [-0.05, 0) is 97.4 Å². The molecule has 2 aromatic carbocycles. The SMILES string of the molecule is CON(CCCCc1ccc(Cc2ccc(N3C(=O)C4C5C=CC(C5)C4C3=O)cc2)cc1)C(=O)C1CC2C=CC1C2. The van der Waals surface area contributed by atoms with E-state index in [0.717, 1.165) is 50.5 Å². The van der Waals surface area contributed by atoms with E-state index in [4.69, 9.17) is 4.84 Å². The van der Waals surface area contributed by atoms with Crippen LogP contribution in [0.1, 0.15) is 48.8 Å². The van der Waals surface area contributed by atoms with E-state index in [2.05, 4.69) is 48.6 Å². The van der Waals surface area contributed by atoms with Gasteiger partial charge in [0, 0.05) is 12.5 Å². The first-order chi connectivity index (χ1) is 20.0. The average molecular weight is 551 g/mol. The number of aryl methyl sites for hydroxylation is 1. The molecule has 1 saturated heterocycles. The van der Waals surface area contributed by atoms with Crippen molar-refractivity contribution in [3.05, 3.63) is 89.5 Å². The van der Waals surface area contributed by atoms with Crippen molar-refractivity contribution in [1.29, 1.82) is 0 Å². The van der Waals surface area contributed by atoms with Crippen molar-refractivity contribution >= 4 is 23.4 Å². The molecule has 7 rings (SSSR count). The number of nitrogens with zero attached hydrogens (tertiary/aromatic N) is 2. The van der Waals surface area contributed by atoms with E-state index in [1.54, 1.807) is 12.2 Å². The highest BCUT2D eigenvalue weighted by Crippen LogP contribution is 2.53. The Morgan fingerprint density at radius 3 is 1.98 bits per heavy atom. The van der Waals surface area contributed by atoms with Gasteiger partial charge in [0.2, 0.25) is 17.7 Å². The van der Waals surface area contributed by atoms with Gasteiger partial charge in [0.15, 0.2) is 0 Å². The monoisotopic (exact) mass is 550 g/mol. The third-order valence-electron chi connectivity index (χ3n) is 10.2. The van der Waals surface area contributed by atoms with E-state index in [0.29, 0.717) is 24.1 Å². The molecule has 41 heavy (non-hydrogen) atoms. The van der Waals surface area contributed by atoms with Crippen LogP contribution in [-0.2, 0) is 32.1 Å². The van der Waals surface area contributed by atoms with Crippen LogP contribution >= 0.6 is 0 Å². The van der Waals surface area contributed by atoms with Crippen LogP contribution in [0.4, 0.5) is 5.69 Å². The highest BCUT2D eigenvalue weighted by Gasteiger charge is 2.59. The summed E-state index contributed by atoms with van der Waals surface area (Å²) < 4.78 is 0. The minimum absolute atomic E-state index is 0.0280. The number of hydrogen-bond acceptors (Lipinski definition) is 4. The number of carbonyl (C=O) groups excluding carboxylic acids is 3. The second-order valence-electron chi connectivity index (χ2n) is 12.6. The van der Waals surface area contributed by atoms with E-state index >= 15 is 0 Å². The quantitative estimate of drug-likeness (QED) is 0.169. The second kappa shape index (κ2) is 10.7. The Labute approximate surface area is 242 Å². The molecule has 0 N–H and O–H groups in total. The number of hydrogen-bond donors (Lipinski definition) is 0. The smallest absolute Gasteiger partial charge is 0.249 e. The van der Waals surface area contributed by atoms with E-state index in [1.165, 1.54) is 16.0 Å². The lowest BCUT2D eigenvalue weighted by Gasteiger charge is -2.26. The molecule has 1 heterocycles. The number of amides is 3. The van der Waals surface area contributed by atoms with Crippen LogP contribution in [0.2, 0.25) is 0 Å². The van der Waals surface area contributed by atoms with Crippen LogP contribution in [-0.4, -0.2) is 36.4 Å². The number of anilines is 1. The summed E-state index contributed by atoms with van der Waals surface area (Å²) in [6.07, 6.45) is 15.4. The van der Waals surface area contributed by atoms with Crippen molar-refractivity contribution < 1.29 is 19.2 Å². The molecule has 5 aliphatic rings. The van der Waals surface area contributed by atoms with E-state index in [-0.39, 0.29) is 47.3 Å². The predicted octanol–water partition coefficient (Wildman–Crippen LogP) is 5.51. The zero-order valence-electron chi connectivity index (χ0n) is 23.7. The van der Waals surface area contributed by atoms with Crippen molar-refractivity contribution in [2.75, 3.05) is 18.6 Å². The molecule has 4 aliphatic carbocycles. The lowest BCUT2D eigenvalue weighted by molar-refractivity contribution is -0.181. The van der Waals surface area contributed by atoms with Gasteiger partial charge in [0.05, 0.1) is 24.6 Å². The van der Waals surface area contributed by atoms with E-state index in [9.17, 15) is 14.4 Å². The standard InChI is InChI=1S/C35H38N2O4/c1-41-36(33(38)30-20-25-9-12-26(30)19-25)17-3-2-4-22-5-7-23(8-6-22)18-24-10-15-29(16-11-24)37-34(39)31-27-13-14-28(21-27)32(31)35(37)40/h5-16,25-28,30-32H,2-4,17-21H2,1H3. The number of imide groups is 1. The van der Waals surface area contributed by atoms with E-state index < -0.39 is 0 Å². The molecule has 6 nitrogen and oxygen atoms in total. The lowest BCUT2D eigenvalue weighted by Crippen LogP contribution is -2.37. The minimum Gasteiger partial charge on any atom is -0.274 e. The molecule has 0 spiro atoms. The summed E-state index contributed by atoms with van der Waals surface area (Å²) in [7, 11) is 1.60. The maximum Gasteiger partial charge on any atom is 0.249 e. The molecule has 212 valence electrons. The van der Waals surface area contributed by atoms with Crippen LogP contribution in [0.25, 0.3) is 0 Å². The van der Waals surface area contributed by atoms with Crippen LogP contribution in [0.3, 0.4) is 0 Å². The Kier molecular flexibility index (Phi) is 6.90. The largest absolute Gasteiger partial charge is 0.274 e. The molecule has 7 unspecified atom stereocenters. The molecule has 3 amide bonds. The first-order valence-corrected chi connectivity index (χ1v) is 15.3. The molecule has 0 radical (unpaired) electrons. The summed E-state index contributed by atoms with van der Waals surface area (Å²) in [6, 6.07) is 16.6. The number of benzene rings is 2. The molecule has 6 heteroatoms. The summed E-state index contributed by atoms with van der Waals surface area (Å²) in [6.45, 7) is 0.634. The molecule has 7 atom stereocenters. The lowest BCUT2D eigenvalue weighted by atomic mass is 9.85. The first-order valence-electron chi connectivity index (χ1n) is 15.3. The van der Waals surface area contributed by atoms with Gasteiger partial charge in [-0.3, -0.25) is 24.1 Å². The Hall–Kier alpha value is -3.51. The number of carbonyl (C=O) groups is 3. The van der Waals surface area contributed by atoms with Crippen molar-refractivity contribution in [3.8, 4) is 0 Å². The Morgan fingerprint density at radius 1 is 0.780 bits per heavy atom. The van der Waals surface area contributed by atoms with Gasteiger partial charge >= 0.3 is 0 Å². The molecular weight excluding hydrogens is 512 g/mol. The molecule has 0 aromatic heterocycles. The number of allylic oxidation sites excluding steroid dienone is 4. The van der Waals surface area contributed by atoms with Crippen LogP contribution in [0, 0.1) is 41.4 Å². The molecule has 2 saturated carbocycles. The Balaban J connectivity index is 0.885. The van der Waals surface area contributed by atoms with Gasteiger partial charge < -0.3 is 0 Å². The van der Waals surface area contributed by atoms with Gasteiger partial charge in [-0.25, -0.2) is 5.06 Å². The number of unbranched alkanes of at least 4 members (excludes halogenated alkanes) is 1. The Bertz CT molecular complexity index is 1360. The summed E-state index contributed by atoms with van der Waals surface area (Å²) in [5.74, 6) is 1.28. The zero-order chi connectivity index (χ0) is 28.1. The maximum absolute atomic E-state index is 13.1. The van der Waals surface area contributed by atoms with Gasteiger partial charge in [-0.15, -0.1) is 0 Å². The number of rotatable bonds is 10. The first kappa shape index (κ1) is 26.4. The van der Waals surface area contributed by atoms with Gasteiger partial charge in [0.1, 0.15) is 0 Å². The number of hydroxylamine groups is 2. The van der Waals surface area contributed by atoms with Crippen molar-refractivity contribution in [3.63, 3.8) is 0 Å². The highest BCUT2D eigenvalue weighted by atomic mass is 16.7. The van der Waals surface area contributed by atoms with Crippen LogP contribution < -0.4 is 4.90 Å². The van der Waals surface area contributed by atoms with Crippen molar-refractivity contribution in [2.24, 2.45) is 41.4 Å². The second-order valence-corrected chi connectivity index (χ2v) is 12.6. The average Bonchev–Trinajstić information content (AvgIpc) is 3.83. The molecule has 3 fully saturated rings. The van der Waals surface area contributed by atoms with Crippen molar-refractivity contribution in [2.45, 2.75) is 44.9 Å². The Morgan fingerprint density at radius 2 is 1.39 bits per heavy atom. The molecular formula is C35H38N2O4. The molecule has 1 aliphatic heterocycles. The third kappa shape index (κ3) is 4.76. The van der Waals surface area contributed by atoms with Gasteiger partial charge in [-0.1, -0.05) is 60.7 Å². The van der Waals surface area contributed by atoms with Crippen LogP contribution in [0.15, 0.2) is 72.8 Å². The fraction of sp³-hybridized carbons (Fsp3) is 0.457.